The molecule has 3 nitrogen and oxygen atoms in total. The molecule has 2 heterocycles. The number of aromatic nitrogens is 1. The molecular formula is C14H11NO2. The molecule has 2 aromatic rings. The SMILES string of the molecule is Cc1ccc(C2OC(=O)c3cccnc32)cc1. The van der Waals surface area contributed by atoms with Gasteiger partial charge in [0.2, 0.25) is 0 Å². The van der Waals surface area contributed by atoms with Crippen molar-refractivity contribution in [2.45, 2.75) is 13.0 Å². The summed E-state index contributed by atoms with van der Waals surface area (Å²) >= 11 is 0. The van der Waals surface area contributed by atoms with Gasteiger partial charge in [0, 0.05) is 6.20 Å². The largest absolute Gasteiger partial charge is 0.447 e. The third-order valence-corrected chi connectivity index (χ3v) is 2.91. The van der Waals surface area contributed by atoms with Gasteiger partial charge >= 0.3 is 5.97 Å². The van der Waals surface area contributed by atoms with Crippen molar-refractivity contribution in [1.29, 1.82) is 0 Å². The summed E-state index contributed by atoms with van der Waals surface area (Å²) < 4.78 is 5.36. The fraction of sp³-hybridized carbons (Fsp3) is 0.143. The van der Waals surface area contributed by atoms with Crippen molar-refractivity contribution >= 4 is 5.97 Å². The lowest BCUT2D eigenvalue weighted by molar-refractivity contribution is 0.0452. The van der Waals surface area contributed by atoms with Crippen LogP contribution in [-0.2, 0) is 4.74 Å². The Balaban J connectivity index is 2.07. The van der Waals surface area contributed by atoms with Gasteiger partial charge in [-0.05, 0) is 24.6 Å². The number of ether oxygens (including phenoxy) is 1. The number of cyclic esters (lactones) is 1. The smallest absolute Gasteiger partial charge is 0.341 e. The maximum Gasteiger partial charge on any atom is 0.341 e. The van der Waals surface area contributed by atoms with E-state index in [0.717, 1.165) is 5.56 Å². The number of fused-ring (bicyclic) bond motifs is 1. The monoisotopic (exact) mass is 225 g/mol. The van der Waals surface area contributed by atoms with Crippen molar-refractivity contribution in [2.75, 3.05) is 0 Å². The van der Waals surface area contributed by atoms with E-state index in [0.29, 0.717) is 11.3 Å². The van der Waals surface area contributed by atoms with Gasteiger partial charge in [-0.15, -0.1) is 0 Å². The van der Waals surface area contributed by atoms with Gasteiger partial charge in [-0.25, -0.2) is 4.79 Å². The highest BCUT2D eigenvalue weighted by molar-refractivity contribution is 5.93. The van der Waals surface area contributed by atoms with Crippen molar-refractivity contribution < 1.29 is 9.53 Å². The van der Waals surface area contributed by atoms with Crippen LogP contribution in [0.3, 0.4) is 0 Å². The molecule has 0 saturated carbocycles. The van der Waals surface area contributed by atoms with Crippen molar-refractivity contribution in [3.63, 3.8) is 0 Å². The Hall–Kier alpha value is -2.16. The van der Waals surface area contributed by atoms with E-state index in [4.69, 9.17) is 4.74 Å². The summed E-state index contributed by atoms with van der Waals surface area (Å²) in [5.41, 5.74) is 3.42. The second-order valence-electron chi connectivity index (χ2n) is 4.13. The van der Waals surface area contributed by atoms with E-state index in [1.807, 2.05) is 31.2 Å². The van der Waals surface area contributed by atoms with Crippen molar-refractivity contribution in [3.8, 4) is 0 Å². The predicted molar refractivity (Wildman–Crippen MR) is 62.7 cm³/mol. The van der Waals surface area contributed by atoms with Crippen LogP contribution in [0.15, 0.2) is 42.6 Å². The second-order valence-corrected chi connectivity index (χ2v) is 4.13. The Bertz CT molecular complexity index is 575. The number of benzene rings is 1. The minimum Gasteiger partial charge on any atom is -0.447 e. The summed E-state index contributed by atoms with van der Waals surface area (Å²) in [5.74, 6) is -0.293. The normalized spacial score (nSPS) is 17.7. The second kappa shape index (κ2) is 3.70. The summed E-state index contributed by atoms with van der Waals surface area (Å²) in [6.45, 7) is 2.02. The van der Waals surface area contributed by atoms with Gasteiger partial charge < -0.3 is 4.74 Å². The van der Waals surface area contributed by atoms with Gasteiger partial charge in [-0.3, -0.25) is 4.98 Å². The molecule has 1 aliphatic heterocycles. The highest BCUT2D eigenvalue weighted by Crippen LogP contribution is 2.33. The number of carbonyl (C=O) groups is 1. The number of carbonyl (C=O) groups excluding carboxylic acids is 1. The number of hydrogen-bond acceptors (Lipinski definition) is 3. The number of rotatable bonds is 1. The first kappa shape index (κ1) is 10.0. The van der Waals surface area contributed by atoms with Gasteiger partial charge in [0.05, 0.1) is 5.56 Å². The van der Waals surface area contributed by atoms with Gasteiger partial charge in [0.25, 0.3) is 0 Å². The molecule has 0 bridgehead atoms. The molecule has 0 saturated heterocycles. The molecule has 1 aromatic heterocycles. The maximum absolute atomic E-state index is 11.7. The lowest BCUT2D eigenvalue weighted by atomic mass is 10.0. The molecule has 0 aliphatic carbocycles. The van der Waals surface area contributed by atoms with E-state index in [-0.39, 0.29) is 12.1 Å². The molecule has 0 radical (unpaired) electrons. The van der Waals surface area contributed by atoms with Crippen molar-refractivity contribution in [2.24, 2.45) is 0 Å². The Morgan fingerprint density at radius 2 is 1.94 bits per heavy atom. The Kier molecular flexibility index (Phi) is 2.18. The number of aryl methyl sites for hydroxylation is 1. The topological polar surface area (TPSA) is 39.2 Å². The molecule has 84 valence electrons. The molecular weight excluding hydrogens is 214 g/mol. The van der Waals surface area contributed by atoms with Crippen molar-refractivity contribution in [3.05, 3.63) is 65.0 Å². The lowest BCUT2D eigenvalue weighted by Gasteiger charge is -2.10. The van der Waals surface area contributed by atoms with E-state index in [1.165, 1.54) is 5.56 Å². The molecule has 3 heteroatoms. The molecule has 0 amide bonds. The van der Waals surface area contributed by atoms with Gasteiger partial charge in [0.1, 0.15) is 5.69 Å². The van der Waals surface area contributed by atoms with Crippen LogP contribution < -0.4 is 0 Å². The van der Waals surface area contributed by atoms with E-state index in [9.17, 15) is 4.79 Å². The summed E-state index contributed by atoms with van der Waals surface area (Å²) in [7, 11) is 0. The van der Waals surface area contributed by atoms with E-state index < -0.39 is 0 Å². The number of hydrogen-bond donors (Lipinski definition) is 0. The molecule has 0 fully saturated rings. The fourth-order valence-electron chi connectivity index (χ4n) is 1.99. The molecule has 1 unspecified atom stereocenters. The van der Waals surface area contributed by atoms with Crippen LogP contribution in [0.5, 0.6) is 0 Å². The standard InChI is InChI=1S/C14H11NO2/c1-9-4-6-10(7-5-9)13-12-11(14(16)17-13)3-2-8-15-12/h2-8,13H,1H3. The first-order chi connectivity index (χ1) is 8.25. The van der Waals surface area contributed by atoms with Crippen LogP contribution in [0.25, 0.3) is 0 Å². The van der Waals surface area contributed by atoms with Crippen molar-refractivity contribution in [1.82, 2.24) is 4.98 Å². The average Bonchev–Trinajstić information content (AvgIpc) is 2.69. The Morgan fingerprint density at radius 1 is 1.18 bits per heavy atom. The fourth-order valence-corrected chi connectivity index (χ4v) is 1.99. The minimum atomic E-state index is -0.362. The zero-order valence-corrected chi connectivity index (χ0v) is 9.38. The van der Waals surface area contributed by atoms with E-state index >= 15 is 0 Å². The van der Waals surface area contributed by atoms with E-state index in [1.54, 1.807) is 18.3 Å². The molecule has 1 aliphatic rings. The predicted octanol–water partition coefficient (Wildman–Crippen LogP) is 2.65. The summed E-state index contributed by atoms with van der Waals surface area (Å²) in [6, 6.07) is 11.4. The Labute approximate surface area is 99.1 Å². The van der Waals surface area contributed by atoms with Crippen LogP contribution in [-0.4, -0.2) is 11.0 Å². The minimum absolute atomic E-state index is 0.293. The molecule has 1 atom stereocenters. The first-order valence-electron chi connectivity index (χ1n) is 5.48. The van der Waals surface area contributed by atoms with Crippen LogP contribution in [0.4, 0.5) is 0 Å². The number of pyridine rings is 1. The van der Waals surface area contributed by atoms with Gasteiger partial charge in [-0.2, -0.15) is 0 Å². The van der Waals surface area contributed by atoms with Gasteiger partial charge in [-0.1, -0.05) is 29.8 Å². The zero-order valence-electron chi connectivity index (χ0n) is 9.38. The molecule has 0 spiro atoms. The third kappa shape index (κ3) is 1.60. The van der Waals surface area contributed by atoms with E-state index in [2.05, 4.69) is 4.98 Å². The highest BCUT2D eigenvalue weighted by atomic mass is 16.5. The number of esters is 1. The molecule has 17 heavy (non-hydrogen) atoms. The van der Waals surface area contributed by atoms with Crippen LogP contribution in [0.1, 0.15) is 33.3 Å². The third-order valence-electron chi connectivity index (χ3n) is 2.91. The lowest BCUT2D eigenvalue weighted by Crippen LogP contribution is -2.01. The quantitative estimate of drug-likeness (QED) is 0.700. The summed E-state index contributed by atoms with van der Waals surface area (Å²) in [4.78, 5) is 15.9. The average molecular weight is 225 g/mol. The summed E-state index contributed by atoms with van der Waals surface area (Å²) in [6.07, 6.45) is 1.32. The van der Waals surface area contributed by atoms with Crippen LogP contribution >= 0.6 is 0 Å². The van der Waals surface area contributed by atoms with Gasteiger partial charge in [0.15, 0.2) is 6.10 Å². The van der Waals surface area contributed by atoms with Crippen LogP contribution in [0.2, 0.25) is 0 Å². The maximum atomic E-state index is 11.7. The zero-order chi connectivity index (χ0) is 11.8. The summed E-state index contributed by atoms with van der Waals surface area (Å²) in [5, 5.41) is 0. The Morgan fingerprint density at radius 3 is 2.71 bits per heavy atom. The van der Waals surface area contributed by atoms with Crippen LogP contribution in [0, 0.1) is 6.92 Å². The molecule has 3 rings (SSSR count). The first-order valence-corrected chi connectivity index (χ1v) is 5.48. The molecule has 0 N–H and O–H groups in total. The highest BCUT2D eigenvalue weighted by Gasteiger charge is 2.33. The molecule has 1 aromatic carbocycles. The number of nitrogens with zero attached hydrogens (tertiary/aromatic N) is 1.